The van der Waals surface area contributed by atoms with Gasteiger partial charge in [0.15, 0.2) is 0 Å². The maximum absolute atomic E-state index is 10.4. The molecule has 21 heavy (non-hydrogen) atoms. The average Bonchev–Trinajstić information content (AvgIpc) is 2.38. The molecule has 0 aromatic carbocycles. The van der Waals surface area contributed by atoms with E-state index in [2.05, 4.69) is 39.8 Å². The average molecular weight is 284 g/mol. The van der Waals surface area contributed by atoms with E-state index in [1.54, 1.807) is 17.2 Å². The fourth-order valence-electron chi connectivity index (χ4n) is 2.94. The lowest BCUT2D eigenvalue weighted by atomic mass is 9.81. The molecule has 0 aromatic rings. The van der Waals surface area contributed by atoms with Gasteiger partial charge in [0.25, 0.3) is 0 Å². The summed E-state index contributed by atoms with van der Waals surface area (Å²) >= 11 is 0. The van der Waals surface area contributed by atoms with Gasteiger partial charge in [-0.25, -0.2) is 0 Å². The predicted molar refractivity (Wildman–Crippen MR) is 92.2 cm³/mol. The third kappa shape index (κ3) is 5.71. The van der Waals surface area contributed by atoms with Gasteiger partial charge in [-0.3, -0.25) is 4.79 Å². The molecular weight excluding hydrogens is 256 g/mol. The van der Waals surface area contributed by atoms with Gasteiger partial charge in [0.2, 0.25) is 0 Å². The Bertz CT molecular complexity index is 522. The Labute approximate surface area is 129 Å². The first-order valence-electron chi connectivity index (χ1n) is 7.83. The molecule has 1 aliphatic rings. The summed E-state index contributed by atoms with van der Waals surface area (Å²) < 4.78 is 0. The summed E-state index contributed by atoms with van der Waals surface area (Å²) in [5.41, 5.74) is 6.83. The molecular formula is C20H28O. The molecule has 0 radical (unpaired) electrons. The first-order chi connectivity index (χ1) is 9.95. The van der Waals surface area contributed by atoms with Crippen LogP contribution in [0.2, 0.25) is 0 Å². The topological polar surface area (TPSA) is 17.1 Å². The molecule has 1 rings (SSSR count). The van der Waals surface area contributed by atoms with Gasteiger partial charge in [-0.2, -0.15) is 0 Å². The summed E-state index contributed by atoms with van der Waals surface area (Å²) in [6.45, 7) is 10.9. The highest BCUT2D eigenvalue weighted by atomic mass is 16.1. The minimum absolute atomic E-state index is 0.595. The first kappa shape index (κ1) is 17.4. The third-order valence-corrected chi connectivity index (χ3v) is 3.83. The summed E-state index contributed by atoms with van der Waals surface area (Å²) in [4.78, 5) is 10.4. The van der Waals surface area contributed by atoms with Gasteiger partial charge in [-0.05, 0) is 68.7 Å². The molecule has 0 fully saturated rings. The predicted octanol–water partition coefficient (Wildman–Crippen LogP) is 5.72. The summed E-state index contributed by atoms with van der Waals surface area (Å²) in [6.07, 6.45) is 14.5. The lowest BCUT2D eigenvalue weighted by molar-refractivity contribution is -0.104. The largest absolute Gasteiger partial charge is 0.299 e. The molecule has 1 heteroatoms. The zero-order chi connectivity index (χ0) is 15.8. The normalized spacial score (nSPS) is 20.0. The van der Waals surface area contributed by atoms with Gasteiger partial charge in [-0.1, -0.05) is 49.3 Å². The van der Waals surface area contributed by atoms with Crippen molar-refractivity contribution >= 4 is 6.29 Å². The van der Waals surface area contributed by atoms with Crippen LogP contribution in [0.1, 0.15) is 53.9 Å². The number of carbonyl (C=O) groups excluding carboxylic acids is 1. The van der Waals surface area contributed by atoms with E-state index in [1.807, 2.05) is 19.1 Å². The first-order valence-corrected chi connectivity index (χ1v) is 7.83. The van der Waals surface area contributed by atoms with Crippen LogP contribution in [0, 0.1) is 5.92 Å². The van der Waals surface area contributed by atoms with Crippen molar-refractivity contribution in [2.75, 3.05) is 0 Å². The van der Waals surface area contributed by atoms with E-state index >= 15 is 0 Å². The molecule has 0 aromatic heterocycles. The highest BCUT2D eigenvalue weighted by Crippen LogP contribution is 2.34. The van der Waals surface area contributed by atoms with Crippen LogP contribution in [-0.2, 0) is 4.79 Å². The summed E-state index contributed by atoms with van der Waals surface area (Å²) in [5, 5.41) is 0. The Morgan fingerprint density at radius 1 is 1.10 bits per heavy atom. The number of allylic oxidation sites excluding steroid dienone is 10. The van der Waals surface area contributed by atoms with Crippen molar-refractivity contribution in [3.05, 3.63) is 58.2 Å². The summed E-state index contributed by atoms with van der Waals surface area (Å²) in [7, 11) is 0. The Balaban J connectivity index is 2.93. The maximum Gasteiger partial charge on any atom is 0.143 e. The van der Waals surface area contributed by atoms with Gasteiger partial charge >= 0.3 is 0 Å². The molecule has 0 amide bonds. The minimum atomic E-state index is 0.595. The molecule has 1 nitrogen and oxygen atoms in total. The van der Waals surface area contributed by atoms with Gasteiger partial charge in [0, 0.05) is 0 Å². The van der Waals surface area contributed by atoms with Crippen LogP contribution >= 0.6 is 0 Å². The number of hydrogen-bond acceptors (Lipinski definition) is 1. The highest BCUT2D eigenvalue weighted by Gasteiger charge is 2.17. The van der Waals surface area contributed by atoms with Crippen LogP contribution in [0.5, 0.6) is 0 Å². The molecule has 1 aliphatic carbocycles. The van der Waals surface area contributed by atoms with Crippen LogP contribution in [0.25, 0.3) is 0 Å². The monoisotopic (exact) mass is 284 g/mol. The number of aldehydes is 1. The van der Waals surface area contributed by atoms with E-state index in [0.717, 1.165) is 11.9 Å². The molecule has 0 saturated carbocycles. The van der Waals surface area contributed by atoms with Crippen molar-refractivity contribution in [3.8, 4) is 0 Å². The van der Waals surface area contributed by atoms with Crippen molar-refractivity contribution in [1.29, 1.82) is 0 Å². The van der Waals surface area contributed by atoms with Gasteiger partial charge in [-0.15, -0.1) is 0 Å². The second kappa shape index (κ2) is 8.61. The van der Waals surface area contributed by atoms with E-state index in [0.29, 0.717) is 5.92 Å². The number of hydrogen-bond donors (Lipinski definition) is 0. The summed E-state index contributed by atoms with van der Waals surface area (Å²) in [5.74, 6) is 0.595. The molecule has 0 atom stereocenters. The molecule has 0 saturated heterocycles. The molecule has 0 bridgehead atoms. The molecule has 0 unspecified atom stereocenters. The fraction of sp³-hybridized carbons (Fsp3) is 0.450. The fourth-order valence-corrected chi connectivity index (χ4v) is 2.94. The van der Waals surface area contributed by atoms with Crippen molar-refractivity contribution in [2.45, 2.75) is 53.9 Å². The van der Waals surface area contributed by atoms with Crippen molar-refractivity contribution in [2.24, 2.45) is 5.92 Å². The smallest absolute Gasteiger partial charge is 0.143 e. The Kier molecular flexibility index (Phi) is 7.14. The zero-order valence-corrected chi connectivity index (χ0v) is 14.1. The van der Waals surface area contributed by atoms with E-state index in [-0.39, 0.29) is 0 Å². The second-order valence-electron chi connectivity index (χ2n) is 6.19. The summed E-state index contributed by atoms with van der Waals surface area (Å²) in [6, 6.07) is 0. The van der Waals surface area contributed by atoms with Crippen molar-refractivity contribution in [3.63, 3.8) is 0 Å². The lowest BCUT2D eigenvalue weighted by Gasteiger charge is -2.24. The Morgan fingerprint density at radius 3 is 2.43 bits per heavy atom. The van der Waals surface area contributed by atoms with Crippen LogP contribution in [-0.4, -0.2) is 6.29 Å². The van der Waals surface area contributed by atoms with Crippen LogP contribution < -0.4 is 0 Å². The second-order valence-corrected chi connectivity index (χ2v) is 6.19. The minimum Gasteiger partial charge on any atom is -0.299 e. The molecule has 0 spiro atoms. The van der Waals surface area contributed by atoms with Gasteiger partial charge in [0.05, 0.1) is 0 Å². The van der Waals surface area contributed by atoms with E-state index in [4.69, 9.17) is 0 Å². The van der Waals surface area contributed by atoms with Crippen molar-refractivity contribution in [1.82, 2.24) is 0 Å². The van der Waals surface area contributed by atoms with Crippen molar-refractivity contribution < 1.29 is 4.79 Å². The standard InChI is InChI=1S/C20H28O/c1-15(2)20-18(5)10-7-11-19(20)14-17(4)9-6-8-16(3)12-13-21/h6,8-9,12-15H,7,10-11H2,1-5H3/b8-6+,16-12+,17-9+,19-14+. The van der Waals surface area contributed by atoms with E-state index in [1.165, 1.54) is 30.4 Å². The quantitative estimate of drug-likeness (QED) is 0.358. The zero-order valence-electron chi connectivity index (χ0n) is 14.1. The van der Waals surface area contributed by atoms with Gasteiger partial charge < -0.3 is 0 Å². The molecule has 114 valence electrons. The molecule has 0 N–H and O–H groups in total. The van der Waals surface area contributed by atoms with Crippen LogP contribution in [0.4, 0.5) is 0 Å². The van der Waals surface area contributed by atoms with Crippen LogP contribution in [0.3, 0.4) is 0 Å². The lowest BCUT2D eigenvalue weighted by Crippen LogP contribution is -2.07. The SMILES string of the molecule is CC1=C(C(C)C)/C(=C/C(C)=C/C=C/C(C)=C/C=O)CCC1. The Morgan fingerprint density at radius 2 is 1.81 bits per heavy atom. The molecule has 0 heterocycles. The van der Waals surface area contributed by atoms with E-state index < -0.39 is 0 Å². The highest BCUT2D eigenvalue weighted by molar-refractivity contribution is 5.66. The van der Waals surface area contributed by atoms with Crippen LogP contribution in [0.15, 0.2) is 58.2 Å². The maximum atomic E-state index is 10.4. The van der Waals surface area contributed by atoms with E-state index in [9.17, 15) is 4.79 Å². The van der Waals surface area contributed by atoms with Gasteiger partial charge in [0.1, 0.15) is 6.29 Å². The number of rotatable bonds is 5. The number of carbonyl (C=O) groups is 1. The third-order valence-electron chi connectivity index (χ3n) is 3.83. The Hall–Kier alpha value is -1.63. The molecule has 0 aliphatic heterocycles.